The number of nitrogens with zero attached hydrogens (tertiary/aromatic N) is 2. The Morgan fingerprint density at radius 1 is 1.20 bits per heavy atom. The fraction of sp³-hybridized carbons (Fsp3) is 0.286. The molecule has 0 atom stereocenters. The number of halogens is 1. The van der Waals surface area contributed by atoms with E-state index in [2.05, 4.69) is 31.5 Å². The zero-order valence-electron chi connectivity index (χ0n) is 16.8. The van der Waals surface area contributed by atoms with Gasteiger partial charge in [-0.2, -0.15) is 0 Å². The largest absolute Gasteiger partial charge is 0.383 e. The summed E-state index contributed by atoms with van der Waals surface area (Å²) in [6, 6.07) is 13.4. The lowest BCUT2D eigenvalue weighted by Gasteiger charge is -2.10. The van der Waals surface area contributed by atoms with Crippen LogP contribution in [0.25, 0.3) is 11.0 Å². The van der Waals surface area contributed by atoms with Gasteiger partial charge in [0, 0.05) is 23.8 Å². The summed E-state index contributed by atoms with van der Waals surface area (Å²) in [4.78, 5) is 29.0. The molecule has 30 heavy (non-hydrogen) atoms. The summed E-state index contributed by atoms with van der Waals surface area (Å²) in [6.07, 6.45) is 0. The van der Waals surface area contributed by atoms with E-state index in [0.717, 1.165) is 31.9 Å². The van der Waals surface area contributed by atoms with E-state index in [1.54, 1.807) is 7.11 Å². The molecule has 0 aliphatic carbocycles. The predicted molar refractivity (Wildman–Crippen MR) is 123 cm³/mol. The Hall–Kier alpha value is -2.36. The van der Waals surface area contributed by atoms with Gasteiger partial charge in [-0.3, -0.25) is 9.59 Å². The molecule has 0 fully saturated rings. The second-order valence-corrected chi connectivity index (χ2v) is 8.46. The number of aryl methyl sites for hydroxylation is 1. The van der Waals surface area contributed by atoms with Crippen LogP contribution in [0.15, 0.2) is 52.1 Å². The first kappa shape index (κ1) is 22.3. The van der Waals surface area contributed by atoms with Crippen molar-refractivity contribution in [2.75, 3.05) is 31.3 Å². The molecule has 0 bridgehead atoms. The zero-order valence-corrected chi connectivity index (χ0v) is 19.2. The Morgan fingerprint density at radius 2 is 2.00 bits per heavy atom. The number of benzene rings is 2. The quantitative estimate of drug-likeness (QED) is 0.447. The summed E-state index contributed by atoms with van der Waals surface area (Å²) < 4.78 is 8.17. The molecule has 7 nitrogen and oxygen atoms in total. The van der Waals surface area contributed by atoms with E-state index in [1.807, 2.05) is 54.0 Å². The van der Waals surface area contributed by atoms with E-state index in [0.29, 0.717) is 13.2 Å². The predicted octanol–water partition coefficient (Wildman–Crippen LogP) is 3.60. The number of methoxy groups -OCH3 is 1. The average molecular weight is 491 g/mol. The number of rotatable bonds is 9. The van der Waals surface area contributed by atoms with Gasteiger partial charge in [0.25, 0.3) is 0 Å². The lowest BCUT2D eigenvalue weighted by atomic mass is 10.2. The molecule has 0 saturated carbocycles. The van der Waals surface area contributed by atoms with Crippen LogP contribution in [0.5, 0.6) is 0 Å². The zero-order chi connectivity index (χ0) is 21.5. The standard InChI is InChI=1S/C21H23BrN4O3S/c1-14-11-15(22)7-8-16(14)24-19(27)12-23-20(28)13-30-21-25-17-5-3-4-6-18(17)26(21)9-10-29-2/h3-8,11H,9-10,12-13H2,1-2H3,(H,23,28)(H,24,27). The Labute approximate surface area is 187 Å². The number of para-hydroxylation sites is 2. The minimum absolute atomic E-state index is 0.0883. The van der Waals surface area contributed by atoms with Gasteiger partial charge in [-0.05, 0) is 42.8 Å². The van der Waals surface area contributed by atoms with Gasteiger partial charge in [-0.15, -0.1) is 0 Å². The molecule has 2 amide bonds. The van der Waals surface area contributed by atoms with E-state index in [9.17, 15) is 9.59 Å². The number of carbonyl (C=O) groups is 2. The van der Waals surface area contributed by atoms with Crippen LogP contribution in [0.4, 0.5) is 5.69 Å². The third-order valence-corrected chi connectivity index (χ3v) is 5.85. The lowest BCUT2D eigenvalue weighted by molar-refractivity contribution is -0.122. The molecule has 0 unspecified atom stereocenters. The Kier molecular flexibility index (Phi) is 7.89. The maximum atomic E-state index is 12.2. The van der Waals surface area contributed by atoms with Crippen LogP contribution in [0.3, 0.4) is 0 Å². The highest BCUT2D eigenvalue weighted by atomic mass is 79.9. The fourth-order valence-corrected chi connectivity index (χ4v) is 4.23. The van der Waals surface area contributed by atoms with Crippen molar-refractivity contribution in [1.82, 2.24) is 14.9 Å². The Bertz CT molecular complexity index is 1050. The highest BCUT2D eigenvalue weighted by molar-refractivity contribution is 9.10. The summed E-state index contributed by atoms with van der Waals surface area (Å²) >= 11 is 4.73. The molecular formula is C21H23BrN4O3S. The smallest absolute Gasteiger partial charge is 0.243 e. The second-order valence-electron chi connectivity index (χ2n) is 6.60. The molecule has 2 N–H and O–H groups in total. The highest BCUT2D eigenvalue weighted by Crippen LogP contribution is 2.24. The lowest BCUT2D eigenvalue weighted by Crippen LogP contribution is -2.34. The maximum Gasteiger partial charge on any atom is 0.243 e. The van der Waals surface area contributed by atoms with E-state index in [4.69, 9.17) is 4.74 Å². The topological polar surface area (TPSA) is 85.2 Å². The summed E-state index contributed by atoms with van der Waals surface area (Å²) in [5.74, 6) is -0.333. The molecule has 2 aromatic carbocycles. The van der Waals surface area contributed by atoms with Crippen molar-refractivity contribution in [3.05, 3.63) is 52.5 Å². The number of ether oxygens (including phenoxy) is 1. The van der Waals surface area contributed by atoms with Gasteiger partial charge in [-0.25, -0.2) is 4.98 Å². The Morgan fingerprint density at radius 3 is 2.77 bits per heavy atom. The number of imidazole rings is 1. The summed E-state index contributed by atoms with van der Waals surface area (Å²) in [5, 5.41) is 6.21. The van der Waals surface area contributed by atoms with Crippen LogP contribution in [-0.2, 0) is 20.9 Å². The molecule has 0 aliphatic heterocycles. The van der Waals surface area contributed by atoms with Gasteiger partial charge in [0.05, 0.1) is 29.9 Å². The van der Waals surface area contributed by atoms with E-state index in [1.165, 1.54) is 11.8 Å². The number of nitrogens with one attached hydrogen (secondary N) is 2. The molecule has 3 rings (SSSR count). The minimum Gasteiger partial charge on any atom is -0.383 e. The first-order valence-electron chi connectivity index (χ1n) is 9.37. The SMILES string of the molecule is COCCn1c(SCC(=O)NCC(=O)Nc2ccc(Br)cc2C)nc2ccccc21. The van der Waals surface area contributed by atoms with E-state index >= 15 is 0 Å². The molecule has 0 radical (unpaired) electrons. The molecule has 158 valence electrons. The third kappa shape index (κ3) is 5.84. The number of anilines is 1. The fourth-order valence-electron chi connectivity index (χ4n) is 2.88. The van der Waals surface area contributed by atoms with Crippen LogP contribution in [0.2, 0.25) is 0 Å². The number of thioether (sulfide) groups is 1. The molecule has 1 aromatic heterocycles. The van der Waals surface area contributed by atoms with Gasteiger partial charge in [0.2, 0.25) is 11.8 Å². The molecule has 0 spiro atoms. The van der Waals surface area contributed by atoms with Crippen LogP contribution >= 0.6 is 27.7 Å². The van der Waals surface area contributed by atoms with Crippen molar-refractivity contribution in [1.29, 1.82) is 0 Å². The number of hydrogen-bond acceptors (Lipinski definition) is 5. The van der Waals surface area contributed by atoms with Gasteiger partial charge < -0.3 is 19.9 Å². The molecule has 0 saturated heterocycles. The number of amides is 2. The van der Waals surface area contributed by atoms with Gasteiger partial charge in [-0.1, -0.05) is 39.8 Å². The highest BCUT2D eigenvalue weighted by Gasteiger charge is 2.13. The minimum atomic E-state index is -0.272. The Balaban J connectivity index is 1.53. The third-order valence-electron chi connectivity index (χ3n) is 4.38. The van der Waals surface area contributed by atoms with Gasteiger partial charge in [0.1, 0.15) is 0 Å². The second kappa shape index (κ2) is 10.6. The van der Waals surface area contributed by atoms with E-state index in [-0.39, 0.29) is 24.1 Å². The normalized spacial score (nSPS) is 10.9. The van der Waals surface area contributed by atoms with Crippen molar-refractivity contribution in [2.24, 2.45) is 0 Å². The van der Waals surface area contributed by atoms with Crippen molar-refractivity contribution < 1.29 is 14.3 Å². The monoisotopic (exact) mass is 490 g/mol. The molecule has 3 aromatic rings. The first-order chi connectivity index (χ1) is 14.5. The number of fused-ring (bicyclic) bond motifs is 1. The molecule has 9 heteroatoms. The average Bonchev–Trinajstić information content (AvgIpc) is 3.08. The summed E-state index contributed by atoms with van der Waals surface area (Å²) in [6.45, 7) is 3.02. The summed E-state index contributed by atoms with van der Waals surface area (Å²) in [7, 11) is 1.65. The van der Waals surface area contributed by atoms with Crippen molar-refractivity contribution in [3.63, 3.8) is 0 Å². The van der Waals surface area contributed by atoms with Crippen LogP contribution < -0.4 is 10.6 Å². The maximum absolute atomic E-state index is 12.2. The van der Waals surface area contributed by atoms with Crippen LogP contribution in [-0.4, -0.2) is 47.4 Å². The molecule has 1 heterocycles. The number of hydrogen-bond donors (Lipinski definition) is 2. The van der Waals surface area contributed by atoms with E-state index < -0.39 is 0 Å². The van der Waals surface area contributed by atoms with Gasteiger partial charge in [0.15, 0.2) is 5.16 Å². The summed E-state index contributed by atoms with van der Waals surface area (Å²) in [5.41, 5.74) is 3.54. The van der Waals surface area contributed by atoms with Crippen molar-refractivity contribution >= 4 is 56.2 Å². The van der Waals surface area contributed by atoms with Gasteiger partial charge >= 0.3 is 0 Å². The molecular weight excluding hydrogens is 468 g/mol. The van der Waals surface area contributed by atoms with Crippen LogP contribution in [0.1, 0.15) is 5.56 Å². The first-order valence-corrected chi connectivity index (χ1v) is 11.2. The molecule has 0 aliphatic rings. The van der Waals surface area contributed by atoms with Crippen molar-refractivity contribution in [2.45, 2.75) is 18.6 Å². The number of aromatic nitrogens is 2. The number of carbonyl (C=O) groups excluding carboxylic acids is 2. The van der Waals surface area contributed by atoms with Crippen LogP contribution in [0, 0.1) is 6.92 Å². The van der Waals surface area contributed by atoms with Crippen molar-refractivity contribution in [3.8, 4) is 0 Å².